The average Bonchev–Trinajstić information content (AvgIpc) is 2.92. The Morgan fingerprint density at radius 3 is 2.63 bits per heavy atom. The van der Waals surface area contributed by atoms with Crippen LogP contribution in [0, 0.1) is 6.92 Å². The Morgan fingerprint density at radius 1 is 1.07 bits per heavy atom. The van der Waals surface area contributed by atoms with Gasteiger partial charge < -0.3 is 15.2 Å². The number of fused-ring (bicyclic) bond motifs is 1. The number of para-hydroxylation sites is 1. The third-order valence-corrected chi connectivity index (χ3v) is 5.47. The summed E-state index contributed by atoms with van der Waals surface area (Å²) in [6.45, 7) is 5.08. The van der Waals surface area contributed by atoms with E-state index in [0.29, 0.717) is 18.7 Å². The third-order valence-electron chi connectivity index (χ3n) is 4.47. The van der Waals surface area contributed by atoms with Crippen molar-refractivity contribution < 1.29 is 9.59 Å². The molecule has 140 valence electrons. The van der Waals surface area contributed by atoms with Crippen LogP contribution < -0.4 is 10.6 Å². The largest absolute Gasteiger partial charge is 0.352 e. The quantitative estimate of drug-likeness (QED) is 0.628. The molecule has 0 fully saturated rings. The number of hydrogen-bond acceptors (Lipinski definition) is 2. The first-order valence-electron chi connectivity index (χ1n) is 8.88. The molecule has 0 saturated carbocycles. The van der Waals surface area contributed by atoms with E-state index in [1.54, 1.807) is 12.1 Å². The molecule has 0 unspecified atom stereocenters. The van der Waals surface area contributed by atoms with Gasteiger partial charge in [-0.25, -0.2) is 0 Å². The maximum absolute atomic E-state index is 12.5. The minimum absolute atomic E-state index is 0.0743. The number of amides is 2. The molecule has 0 bridgehead atoms. The van der Waals surface area contributed by atoms with Crippen molar-refractivity contribution in [2.75, 3.05) is 6.54 Å². The van der Waals surface area contributed by atoms with Crippen molar-refractivity contribution in [3.63, 3.8) is 0 Å². The predicted molar refractivity (Wildman–Crippen MR) is 111 cm³/mol. The summed E-state index contributed by atoms with van der Waals surface area (Å²) in [4.78, 5) is 24.4. The molecule has 2 N–H and O–H groups in total. The Morgan fingerprint density at radius 2 is 1.85 bits per heavy atom. The Labute approximate surface area is 166 Å². The predicted octanol–water partition coefficient (Wildman–Crippen LogP) is 3.78. The van der Waals surface area contributed by atoms with Crippen LogP contribution in [0.4, 0.5) is 0 Å². The number of nitrogens with zero attached hydrogens (tertiary/aromatic N) is 1. The van der Waals surface area contributed by atoms with E-state index in [9.17, 15) is 9.59 Å². The van der Waals surface area contributed by atoms with Crippen molar-refractivity contribution in [3.8, 4) is 0 Å². The number of carbonyl (C=O) groups is 2. The maximum Gasteiger partial charge on any atom is 0.251 e. The monoisotopic (exact) mass is 427 g/mol. The highest BCUT2D eigenvalue weighted by Gasteiger charge is 2.14. The molecule has 0 radical (unpaired) electrons. The van der Waals surface area contributed by atoms with Crippen LogP contribution in [-0.4, -0.2) is 22.9 Å². The van der Waals surface area contributed by atoms with Gasteiger partial charge in [0.1, 0.15) is 6.54 Å². The van der Waals surface area contributed by atoms with E-state index in [1.165, 1.54) is 0 Å². The summed E-state index contributed by atoms with van der Waals surface area (Å²) in [5.74, 6) is -0.181. The van der Waals surface area contributed by atoms with Crippen molar-refractivity contribution in [1.82, 2.24) is 15.2 Å². The first-order valence-corrected chi connectivity index (χ1v) is 9.67. The van der Waals surface area contributed by atoms with E-state index in [4.69, 9.17) is 0 Å². The third kappa shape index (κ3) is 4.22. The number of benzene rings is 2. The standard InChI is InChI=1S/C21H22BrN3O2/c1-3-23-21(27)16-8-6-7-15(11-16)12-24-19(26)13-25-14(2)20(22)17-9-4-5-10-18(17)25/h4-11H,3,12-13H2,1-2H3,(H,23,27)(H,24,26). The molecule has 5 nitrogen and oxygen atoms in total. The van der Waals surface area contributed by atoms with Crippen LogP contribution in [-0.2, 0) is 17.9 Å². The molecule has 6 heteroatoms. The van der Waals surface area contributed by atoms with E-state index in [0.717, 1.165) is 26.6 Å². The van der Waals surface area contributed by atoms with E-state index in [1.807, 2.05) is 54.8 Å². The molecular weight excluding hydrogens is 406 g/mol. The van der Waals surface area contributed by atoms with Crippen molar-refractivity contribution in [1.29, 1.82) is 0 Å². The fourth-order valence-electron chi connectivity index (χ4n) is 3.08. The van der Waals surface area contributed by atoms with Crippen LogP contribution in [0.3, 0.4) is 0 Å². The molecule has 3 aromatic rings. The van der Waals surface area contributed by atoms with Crippen LogP contribution in [0.1, 0.15) is 28.5 Å². The summed E-state index contributed by atoms with van der Waals surface area (Å²) in [5, 5.41) is 6.81. The van der Waals surface area contributed by atoms with E-state index in [2.05, 4.69) is 26.6 Å². The van der Waals surface area contributed by atoms with Gasteiger partial charge in [-0.1, -0.05) is 30.3 Å². The zero-order valence-electron chi connectivity index (χ0n) is 15.4. The van der Waals surface area contributed by atoms with Crippen LogP contribution in [0.2, 0.25) is 0 Å². The summed E-state index contributed by atoms with van der Waals surface area (Å²) in [5.41, 5.74) is 3.53. The SMILES string of the molecule is CCNC(=O)c1cccc(CNC(=O)Cn2c(C)c(Br)c3ccccc32)c1. The molecule has 0 aliphatic rings. The molecule has 3 rings (SSSR count). The second kappa shape index (κ2) is 8.39. The van der Waals surface area contributed by atoms with Crippen molar-refractivity contribution in [3.05, 3.63) is 69.8 Å². The molecule has 0 spiro atoms. The summed E-state index contributed by atoms with van der Waals surface area (Å²) in [6, 6.07) is 15.3. The summed E-state index contributed by atoms with van der Waals surface area (Å²) in [6.07, 6.45) is 0. The highest BCUT2D eigenvalue weighted by molar-refractivity contribution is 9.10. The highest BCUT2D eigenvalue weighted by Crippen LogP contribution is 2.30. The topological polar surface area (TPSA) is 63.1 Å². The minimum atomic E-state index is -0.107. The molecular formula is C21H22BrN3O2. The Bertz CT molecular complexity index is 994. The lowest BCUT2D eigenvalue weighted by molar-refractivity contribution is -0.121. The van der Waals surface area contributed by atoms with E-state index >= 15 is 0 Å². The molecule has 0 atom stereocenters. The van der Waals surface area contributed by atoms with Gasteiger partial charge in [0, 0.05) is 39.7 Å². The Hall–Kier alpha value is -2.60. The first-order chi connectivity index (χ1) is 13.0. The molecule has 0 aliphatic carbocycles. The van der Waals surface area contributed by atoms with Crippen LogP contribution in [0.25, 0.3) is 10.9 Å². The van der Waals surface area contributed by atoms with Gasteiger partial charge in [0.25, 0.3) is 5.91 Å². The maximum atomic E-state index is 12.5. The molecule has 27 heavy (non-hydrogen) atoms. The fraction of sp³-hybridized carbons (Fsp3) is 0.238. The van der Waals surface area contributed by atoms with Gasteiger partial charge >= 0.3 is 0 Å². The lowest BCUT2D eigenvalue weighted by Crippen LogP contribution is -2.27. The number of hydrogen-bond donors (Lipinski definition) is 2. The fourth-order valence-corrected chi connectivity index (χ4v) is 3.63. The number of halogens is 1. The van der Waals surface area contributed by atoms with Crippen LogP contribution >= 0.6 is 15.9 Å². The lowest BCUT2D eigenvalue weighted by Gasteiger charge is -2.10. The van der Waals surface area contributed by atoms with Crippen LogP contribution in [0.5, 0.6) is 0 Å². The number of aromatic nitrogens is 1. The van der Waals surface area contributed by atoms with Crippen molar-refractivity contribution in [2.24, 2.45) is 0 Å². The summed E-state index contributed by atoms with van der Waals surface area (Å²) < 4.78 is 3.01. The van der Waals surface area contributed by atoms with Crippen molar-refractivity contribution >= 4 is 38.6 Å². The Balaban J connectivity index is 1.68. The zero-order valence-corrected chi connectivity index (χ0v) is 17.0. The summed E-state index contributed by atoms with van der Waals surface area (Å²) >= 11 is 3.61. The second-order valence-corrected chi connectivity index (χ2v) is 7.13. The molecule has 2 aromatic carbocycles. The smallest absolute Gasteiger partial charge is 0.251 e. The van der Waals surface area contributed by atoms with Gasteiger partial charge in [0.15, 0.2) is 0 Å². The number of nitrogens with one attached hydrogen (secondary N) is 2. The molecule has 2 amide bonds. The molecule has 0 saturated heterocycles. The first kappa shape index (κ1) is 19.2. The second-order valence-electron chi connectivity index (χ2n) is 6.34. The molecule has 0 aliphatic heterocycles. The van der Waals surface area contributed by atoms with Gasteiger partial charge in [-0.15, -0.1) is 0 Å². The zero-order chi connectivity index (χ0) is 19.4. The van der Waals surface area contributed by atoms with Gasteiger partial charge in [-0.05, 0) is 53.5 Å². The van der Waals surface area contributed by atoms with Gasteiger partial charge in [-0.3, -0.25) is 9.59 Å². The summed E-state index contributed by atoms with van der Waals surface area (Å²) in [7, 11) is 0. The molecule has 1 aromatic heterocycles. The van der Waals surface area contributed by atoms with Crippen LogP contribution in [0.15, 0.2) is 53.0 Å². The van der Waals surface area contributed by atoms with Crippen molar-refractivity contribution in [2.45, 2.75) is 26.9 Å². The lowest BCUT2D eigenvalue weighted by atomic mass is 10.1. The average molecular weight is 428 g/mol. The van der Waals surface area contributed by atoms with E-state index < -0.39 is 0 Å². The number of rotatable bonds is 6. The molecule has 1 heterocycles. The Kier molecular flexibility index (Phi) is 5.96. The highest BCUT2D eigenvalue weighted by atomic mass is 79.9. The minimum Gasteiger partial charge on any atom is -0.352 e. The van der Waals surface area contributed by atoms with E-state index in [-0.39, 0.29) is 18.4 Å². The number of carbonyl (C=O) groups excluding carboxylic acids is 2. The van der Waals surface area contributed by atoms with Gasteiger partial charge in [-0.2, -0.15) is 0 Å². The van der Waals surface area contributed by atoms with Gasteiger partial charge in [0.2, 0.25) is 5.91 Å². The van der Waals surface area contributed by atoms with Gasteiger partial charge in [0.05, 0.1) is 0 Å². The normalized spacial score (nSPS) is 10.8.